The van der Waals surface area contributed by atoms with Crippen LogP contribution in [0.25, 0.3) is 6.08 Å². The van der Waals surface area contributed by atoms with Crippen molar-refractivity contribution in [2.24, 2.45) is 0 Å². The number of aromatic nitrogens is 1. The Bertz CT molecular complexity index is 725. The largest absolute Gasteiger partial charge is 0.478 e. The van der Waals surface area contributed by atoms with Crippen LogP contribution in [0.4, 0.5) is 5.82 Å². The van der Waals surface area contributed by atoms with E-state index in [-0.39, 0.29) is 5.91 Å². The number of pyridine rings is 1. The number of hydrogen-bond acceptors (Lipinski definition) is 4. The topological polar surface area (TPSA) is 79.3 Å². The molecule has 0 saturated heterocycles. The number of rotatable bonds is 4. The van der Waals surface area contributed by atoms with E-state index in [1.807, 2.05) is 6.92 Å². The molecule has 5 nitrogen and oxygen atoms in total. The summed E-state index contributed by atoms with van der Waals surface area (Å²) in [4.78, 5) is 27.1. The molecule has 0 spiro atoms. The molecule has 0 aliphatic carbocycles. The van der Waals surface area contributed by atoms with E-state index in [0.717, 1.165) is 11.6 Å². The molecule has 2 rings (SSSR count). The van der Waals surface area contributed by atoms with E-state index in [0.29, 0.717) is 21.4 Å². The standard InChI is InChI=1S/C14H11ClN2O3S/c1-8-7-21-13(12(8)15)14(20)17-10-4-2-3-9(16-10)5-6-11(18)19/h2-7H,1H3,(H,18,19)(H,16,17,20)/b6-5+. The van der Waals surface area contributed by atoms with Crippen LogP contribution in [0.2, 0.25) is 5.02 Å². The van der Waals surface area contributed by atoms with Crippen LogP contribution in [0.15, 0.2) is 29.7 Å². The van der Waals surface area contributed by atoms with Crippen LogP contribution in [-0.4, -0.2) is 22.0 Å². The van der Waals surface area contributed by atoms with Crippen molar-refractivity contribution >= 4 is 46.7 Å². The molecule has 0 saturated carbocycles. The van der Waals surface area contributed by atoms with E-state index >= 15 is 0 Å². The minimum Gasteiger partial charge on any atom is -0.478 e. The summed E-state index contributed by atoms with van der Waals surface area (Å²) >= 11 is 7.30. The Morgan fingerprint density at radius 2 is 2.19 bits per heavy atom. The Kier molecular flexibility index (Phi) is 4.72. The Balaban J connectivity index is 2.16. The van der Waals surface area contributed by atoms with E-state index in [1.165, 1.54) is 17.4 Å². The number of nitrogens with zero attached hydrogens (tertiary/aromatic N) is 1. The Labute approximate surface area is 129 Å². The fraction of sp³-hybridized carbons (Fsp3) is 0.0714. The summed E-state index contributed by atoms with van der Waals surface area (Å²) < 4.78 is 0. The Morgan fingerprint density at radius 1 is 1.43 bits per heavy atom. The van der Waals surface area contributed by atoms with Gasteiger partial charge in [0.25, 0.3) is 5.91 Å². The van der Waals surface area contributed by atoms with Gasteiger partial charge >= 0.3 is 5.97 Å². The maximum Gasteiger partial charge on any atom is 0.328 e. The van der Waals surface area contributed by atoms with Crippen molar-refractivity contribution in [1.29, 1.82) is 0 Å². The average molecular weight is 323 g/mol. The van der Waals surface area contributed by atoms with E-state index in [1.54, 1.807) is 23.6 Å². The maximum atomic E-state index is 12.1. The van der Waals surface area contributed by atoms with Crippen molar-refractivity contribution in [2.45, 2.75) is 6.92 Å². The highest BCUT2D eigenvalue weighted by Gasteiger charge is 2.15. The van der Waals surface area contributed by atoms with Crippen LogP contribution in [-0.2, 0) is 4.79 Å². The van der Waals surface area contributed by atoms with Gasteiger partial charge in [-0.2, -0.15) is 0 Å². The first-order valence-corrected chi connectivity index (χ1v) is 7.16. The van der Waals surface area contributed by atoms with Crippen molar-refractivity contribution in [2.75, 3.05) is 5.32 Å². The highest BCUT2D eigenvalue weighted by molar-refractivity contribution is 7.13. The molecule has 0 bridgehead atoms. The molecule has 2 N–H and O–H groups in total. The molecular weight excluding hydrogens is 312 g/mol. The number of hydrogen-bond donors (Lipinski definition) is 2. The van der Waals surface area contributed by atoms with Crippen LogP contribution in [0, 0.1) is 6.92 Å². The smallest absolute Gasteiger partial charge is 0.328 e. The first-order chi connectivity index (χ1) is 9.97. The normalized spacial score (nSPS) is 10.8. The number of aliphatic carboxylic acids is 1. The third-order valence-corrected chi connectivity index (χ3v) is 4.21. The molecule has 2 aromatic rings. The van der Waals surface area contributed by atoms with Crippen molar-refractivity contribution in [3.8, 4) is 0 Å². The lowest BCUT2D eigenvalue weighted by atomic mass is 10.3. The zero-order valence-corrected chi connectivity index (χ0v) is 12.5. The molecule has 0 radical (unpaired) electrons. The molecule has 0 aliphatic heterocycles. The van der Waals surface area contributed by atoms with Crippen LogP contribution >= 0.6 is 22.9 Å². The van der Waals surface area contributed by atoms with Gasteiger partial charge in [-0.1, -0.05) is 17.7 Å². The third-order valence-electron chi connectivity index (χ3n) is 2.51. The van der Waals surface area contributed by atoms with Gasteiger partial charge in [0.2, 0.25) is 0 Å². The molecule has 1 amide bonds. The molecule has 0 aliphatic rings. The third kappa shape index (κ3) is 3.90. The van der Waals surface area contributed by atoms with Crippen molar-refractivity contribution < 1.29 is 14.7 Å². The number of amides is 1. The summed E-state index contributed by atoms with van der Waals surface area (Å²) in [5, 5.41) is 13.4. The van der Waals surface area contributed by atoms with Crippen molar-refractivity contribution in [1.82, 2.24) is 4.98 Å². The van der Waals surface area contributed by atoms with Gasteiger partial charge in [0.05, 0.1) is 10.7 Å². The summed E-state index contributed by atoms with van der Waals surface area (Å²) in [5.74, 6) is -1.08. The second-order valence-electron chi connectivity index (χ2n) is 4.14. The van der Waals surface area contributed by atoms with E-state index in [4.69, 9.17) is 16.7 Å². The zero-order valence-electron chi connectivity index (χ0n) is 11.0. The van der Waals surface area contributed by atoms with Gasteiger partial charge in [0.15, 0.2) is 0 Å². The number of thiophene rings is 1. The monoisotopic (exact) mass is 322 g/mol. The van der Waals surface area contributed by atoms with Crippen LogP contribution in [0.3, 0.4) is 0 Å². The molecule has 0 atom stereocenters. The first-order valence-electron chi connectivity index (χ1n) is 5.90. The highest BCUT2D eigenvalue weighted by atomic mass is 35.5. The van der Waals surface area contributed by atoms with Gasteiger partial charge < -0.3 is 10.4 Å². The SMILES string of the molecule is Cc1csc(C(=O)Nc2cccc(/C=C/C(=O)O)n2)c1Cl. The first kappa shape index (κ1) is 15.2. The zero-order chi connectivity index (χ0) is 15.4. The second kappa shape index (κ2) is 6.51. The van der Waals surface area contributed by atoms with Gasteiger partial charge in [0, 0.05) is 6.08 Å². The number of nitrogens with one attached hydrogen (secondary N) is 1. The number of anilines is 1. The number of aryl methyl sites for hydroxylation is 1. The number of carboxylic acid groups (broad SMARTS) is 1. The molecule has 0 aromatic carbocycles. The lowest BCUT2D eigenvalue weighted by Crippen LogP contribution is -2.12. The average Bonchev–Trinajstić information content (AvgIpc) is 2.77. The molecule has 7 heteroatoms. The fourth-order valence-corrected chi connectivity index (χ4v) is 2.70. The Morgan fingerprint density at radius 3 is 2.81 bits per heavy atom. The summed E-state index contributed by atoms with van der Waals surface area (Å²) in [6.45, 7) is 1.82. The summed E-state index contributed by atoms with van der Waals surface area (Å²) in [6.07, 6.45) is 2.33. The van der Waals surface area contributed by atoms with Crippen molar-refractivity contribution in [3.05, 3.63) is 50.8 Å². The minimum absolute atomic E-state index is 0.328. The predicted octanol–water partition coefficient (Wildman–Crippen LogP) is 3.46. The molecular formula is C14H11ClN2O3S. The maximum absolute atomic E-state index is 12.1. The van der Waals surface area contributed by atoms with Crippen LogP contribution in [0.5, 0.6) is 0 Å². The second-order valence-corrected chi connectivity index (χ2v) is 5.39. The van der Waals surface area contributed by atoms with Gasteiger partial charge in [-0.3, -0.25) is 4.79 Å². The van der Waals surface area contributed by atoms with Gasteiger partial charge in [-0.15, -0.1) is 11.3 Å². The molecule has 2 heterocycles. The van der Waals surface area contributed by atoms with Gasteiger partial charge in [0.1, 0.15) is 10.7 Å². The lowest BCUT2D eigenvalue weighted by molar-refractivity contribution is -0.131. The lowest BCUT2D eigenvalue weighted by Gasteiger charge is -2.04. The number of halogens is 1. The molecule has 0 unspecified atom stereocenters. The molecule has 21 heavy (non-hydrogen) atoms. The fourth-order valence-electron chi connectivity index (χ4n) is 1.53. The highest BCUT2D eigenvalue weighted by Crippen LogP contribution is 2.27. The predicted molar refractivity (Wildman–Crippen MR) is 82.9 cm³/mol. The van der Waals surface area contributed by atoms with Crippen LogP contribution < -0.4 is 5.32 Å². The summed E-state index contributed by atoms with van der Waals surface area (Å²) in [7, 11) is 0. The molecule has 108 valence electrons. The summed E-state index contributed by atoms with van der Waals surface area (Å²) in [5.41, 5.74) is 1.28. The van der Waals surface area contributed by atoms with E-state index in [9.17, 15) is 9.59 Å². The molecule has 2 aromatic heterocycles. The van der Waals surface area contributed by atoms with E-state index < -0.39 is 5.97 Å². The van der Waals surface area contributed by atoms with Gasteiger partial charge in [-0.05, 0) is 36.1 Å². The number of carboxylic acids is 1. The molecule has 0 fully saturated rings. The van der Waals surface area contributed by atoms with E-state index in [2.05, 4.69) is 10.3 Å². The Hall–Kier alpha value is -2.18. The number of carbonyl (C=O) groups excluding carboxylic acids is 1. The minimum atomic E-state index is -1.06. The number of carbonyl (C=O) groups is 2. The van der Waals surface area contributed by atoms with Gasteiger partial charge in [-0.25, -0.2) is 9.78 Å². The quantitative estimate of drug-likeness (QED) is 0.845. The van der Waals surface area contributed by atoms with Crippen LogP contribution in [0.1, 0.15) is 20.9 Å². The van der Waals surface area contributed by atoms with Crippen molar-refractivity contribution in [3.63, 3.8) is 0 Å². The summed E-state index contributed by atoms with van der Waals surface area (Å²) in [6, 6.07) is 4.92.